The highest BCUT2D eigenvalue weighted by atomic mass is 16.6. The van der Waals surface area contributed by atoms with Crippen molar-refractivity contribution in [3.63, 3.8) is 0 Å². The summed E-state index contributed by atoms with van der Waals surface area (Å²) in [6, 6.07) is 14.9. The summed E-state index contributed by atoms with van der Waals surface area (Å²) in [4.78, 5) is 12.7. The third-order valence-corrected chi connectivity index (χ3v) is 4.92. The largest absolute Gasteiger partial charge is 0.276 e. The zero-order valence-electron chi connectivity index (χ0n) is 13.4. The number of nitro benzene ring substituents is 1. The van der Waals surface area contributed by atoms with Crippen molar-refractivity contribution in [3.8, 4) is 0 Å². The van der Waals surface area contributed by atoms with Crippen LogP contribution in [0.1, 0.15) is 30.1 Å². The Bertz CT molecular complexity index is 820. The molecule has 3 atom stereocenters. The number of nitrogens with zero attached hydrogens (tertiary/aromatic N) is 5. The normalized spacial score (nSPS) is 25.4. The van der Waals surface area contributed by atoms with Crippen LogP contribution in [0, 0.1) is 10.1 Å². The zero-order chi connectivity index (χ0) is 16.8. The molecule has 122 valence electrons. The molecule has 24 heavy (non-hydrogen) atoms. The molecule has 7 heteroatoms. The van der Waals surface area contributed by atoms with Crippen molar-refractivity contribution in [3.05, 3.63) is 69.8 Å². The monoisotopic (exact) mass is 323 g/mol. The topological polar surface area (TPSA) is 74.3 Å². The van der Waals surface area contributed by atoms with Gasteiger partial charge in [-0.2, -0.15) is 5.11 Å². The lowest BCUT2D eigenvalue weighted by atomic mass is 9.88. The van der Waals surface area contributed by atoms with Crippen LogP contribution < -0.4 is 5.01 Å². The van der Waals surface area contributed by atoms with Crippen molar-refractivity contribution in [1.29, 1.82) is 0 Å². The van der Waals surface area contributed by atoms with E-state index in [-0.39, 0.29) is 23.9 Å². The van der Waals surface area contributed by atoms with Gasteiger partial charge in [0.15, 0.2) is 0 Å². The first-order chi connectivity index (χ1) is 11.6. The fourth-order valence-corrected chi connectivity index (χ4v) is 3.52. The quantitative estimate of drug-likeness (QED) is 0.621. The second kappa shape index (κ2) is 5.38. The summed E-state index contributed by atoms with van der Waals surface area (Å²) >= 11 is 0. The van der Waals surface area contributed by atoms with Gasteiger partial charge in [0.25, 0.3) is 5.69 Å². The van der Waals surface area contributed by atoms with Gasteiger partial charge >= 0.3 is 0 Å². The number of benzene rings is 2. The lowest BCUT2D eigenvalue weighted by Gasteiger charge is -2.42. The first kappa shape index (κ1) is 14.8. The van der Waals surface area contributed by atoms with Crippen LogP contribution in [0.15, 0.2) is 58.9 Å². The average molecular weight is 323 g/mol. The van der Waals surface area contributed by atoms with E-state index in [9.17, 15) is 10.1 Å². The van der Waals surface area contributed by atoms with Crippen LogP contribution in [-0.4, -0.2) is 23.0 Å². The molecule has 2 aromatic carbocycles. The Kier molecular flexibility index (Phi) is 3.31. The van der Waals surface area contributed by atoms with Gasteiger partial charge in [0.1, 0.15) is 12.2 Å². The third-order valence-electron chi connectivity index (χ3n) is 4.92. The molecule has 0 saturated heterocycles. The van der Waals surface area contributed by atoms with Crippen LogP contribution in [0.4, 0.5) is 11.4 Å². The fraction of sp³-hybridized carbons (Fsp3) is 0.294. The maximum atomic E-state index is 10.8. The van der Waals surface area contributed by atoms with Gasteiger partial charge in [0.05, 0.1) is 10.6 Å². The van der Waals surface area contributed by atoms with E-state index in [0.717, 1.165) is 5.69 Å². The number of hydrogen-bond donors (Lipinski definition) is 0. The molecule has 2 aliphatic heterocycles. The summed E-state index contributed by atoms with van der Waals surface area (Å²) in [7, 11) is 2.06. The summed E-state index contributed by atoms with van der Waals surface area (Å²) in [5.41, 5.74) is 3.34. The van der Waals surface area contributed by atoms with Gasteiger partial charge < -0.3 is 0 Å². The molecule has 4 rings (SSSR count). The maximum Gasteiger partial charge on any atom is 0.269 e. The van der Waals surface area contributed by atoms with Gasteiger partial charge in [0, 0.05) is 18.2 Å². The highest BCUT2D eigenvalue weighted by Gasteiger charge is 2.44. The lowest BCUT2D eigenvalue weighted by molar-refractivity contribution is -0.384. The molecular formula is C17H17N5O2. The van der Waals surface area contributed by atoms with E-state index in [1.165, 1.54) is 23.3 Å². The number of anilines is 1. The van der Waals surface area contributed by atoms with E-state index in [1.54, 1.807) is 12.1 Å². The molecule has 7 nitrogen and oxygen atoms in total. The number of rotatable bonds is 2. The fourth-order valence-electron chi connectivity index (χ4n) is 3.52. The van der Waals surface area contributed by atoms with Crippen molar-refractivity contribution < 1.29 is 4.92 Å². The van der Waals surface area contributed by atoms with Crippen LogP contribution in [-0.2, 0) is 0 Å². The number of nitro groups is 1. The van der Waals surface area contributed by atoms with Gasteiger partial charge in [0.2, 0.25) is 0 Å². The van der Waals surface area contributed by atoms with E-state index < -0.39 is 4.92 Å². The summed E-state index contributed by atoms with van der Waals surface area (Å²) in [5, 5.41) is 21.5. The van der Waals surface area contributed by atoms with Crippen LogP contribution >= 0.6 is 0 Å². The van der Waals surface area contributed by atoms with Crippen molar-refractivity contribution in [1.82, 2.24) is 4.90 Å². The molecule has 0 fully saturated rings. The number of hydrogen-bond acceptors (Lipinski definition) is 6. The number of likely N-dealkylation sites (N-methyl/N-ethyl adjacent to an activating group) is 1. The Hall–Kier alpha value is -2.80. The molecule has 0 N–H and O–H groups in total. The van der Waals surface area contributed by atoms with Gasteiger partial charge in [-0.3, -0.25) is 15.0 Å². The van der Waals surface area contributed by atoms with Crippen LogP contribution in [0.5, 0.6) is 0 Å². The number of fused-ring (bicyclic) bond motifs is 3. The van der Waals surface area contributed by atoms with Gasteiger partial charge in [-0.25, -0.2) is 5.01 Å². The molecular weight excluding hydrogens is 306 g/mol. The third kappa shape index (κ3) is 2.09. The zero-order valence-corrected chi connectivity index (χ0v) is 13.4. The minimum atomic E-state index is -0.400. The van der Waals surface area contributed by atoms with Gasteiger partial charge in [-0.1, -0.05) is 29.5 Å². The van der Waals surface area contributed by atoms with E-state index in [1.807, 2.05) is 17.1 Å². The van der Waals surface area contributed by atoms with Crippen molar-refractivity contribution >= 4 is 11.4 Å². The van der Waals surface area contributed by atoms with Crippen molar-refractivity contribution in [2.75, 3.05) is 12.1 Å². The molecule has 2 aliphatic rings. The second-order valence-corrected chi connectivity index (χ2v) is 6.15. The summed E-state index contributed by atoms with van der Waals surface area (Å²) in [6.45, 7) is 2.17. The van der Waals surface area contributed by atoms with Crippen molar-refractivity contribution in [2.45, 2.75) is 25.2 Å². The summed E-state index contributed by atoms with van der Waals surface area (Å²) < 4.78 is 0. The number of non-ortho nitro benzene ring substituents is 1. The maximum absolute atomic E-state index is 10.8. The molecule has 0 bridgehead atoms. The standard InChI is InChI=1S/C17H17N5O2/c1-11-14-5-3-4-6-15(14)16-17(20(11)2)21(19-18-16)12-7-9-13(10-8-12)22(23)24/h3-11,16-17H,1-2H3/t11-,16+,17+/m1/s1. The predicted octanol–water partition coefficient (Wildman–Crippen LogP) is 3.86. The van der Waals surface area contributed by atoms with E-state index >= 15 is 0 Å². The van der Waals surface area contributed by atoms with Gasteiger partial charge in [-0.05, 0) is 37.2 Å². The Balaban J connectivity index is 1.72. The van der Waals surface area contributed by atoms with Gasteiger partial charge in [-0.15, -0.1) is 0 Å². The molecule has 0 radical (unpaired) electrons. The molecule has 2 heterocycles. The van der Waals surface area contributed by atoms with Crippen molar-refractivity contribution in [2.24, 2.45) is 10.3 Å². The smallest absolute Gasteiger partial charge is 0.269 e. The minimum absolute atomic E-state index is 0.0312. The highest BCUT2D eigenvalue weighted by Crippen LogP contribution is 2.45. The molecule has 0 unspecified atom stereocenters. The van der Waals surface area contributed by atoms with E-state index in [4.69, 9.17) is 0 Å². The Labute approximate surface area is 139 Å². The Morgan fingerprint density at radius 2 is 1.75 bits per heavy atom. The molecule has 2 aromatic rings. The Morgan fingerprint density at radius 3 is 2.42 bits per heavy atom. The van der Waals surface area contributed by atoms with Crippen LogP contribution in [0.2, 0.25) is 0 Å². The summed E-state index contributed by atoms with van der Waals surface area (Å²) in [6.07, 6.45) is -0.0312. The first-order valence-electron chi connectivity index (χ1n) is 7.83. The molecule has 0 amide bonds. The molecule has 0 spiro atoms. The van der Waals surface area contributed by atoms with Crippen LogP contribution in [0.3, 0.4) is 0 Å². The minimum Gasteiger partial charge on any atom is -0.276 e. The lowest BCUT2D eigenvalue weighted by Crippen LogP contribution is -2.49. The first-order valence-corrected chi connectivity index (χ1v) is 7.83. The van der Waals surface area contributed by atoms with E-state index in [2.05, 4.69) is 41.3 Å². The average Bonchev–Trinajstić information content (AvgIpc) is 3.05. The SMILES string of the molecule is C[C@@H]1c2ccccc2[C@@H]2N=NN(c3ccc([N+](=O)[O-])cc3)[C@@H]2N1C. The second-order valence-electron chi connectivity index (χ2n) is 6.15. The molecule has 0 saturated carbocycles. The summed E-state index contributed by atoms with van der Waals surface area (Å²) in [5.74, 6) is 0. The Morgan fingerprint density at radius 1 is 1.08 bits per heavy atom. The highest BCUT2D eigenvalue weighted by molar-refractivity contribution is 5.53. The molecule has 0 aromatic heterocycles. The molecule has 0 aliphatic carbocycles. The van der Waals surface area contributed by atoms with Crippen LogP contribution in [0.25, 0.3) is 0 Å². The van der Waals surface area contributed by atoms with E-state index in [0.29, 0.717) is 0 Å². The predicted molar refractivity (Wildman–Crippen MR) is 89.6 cm³/mol.